The van der Waals surface area contributed by atoms with Crippen molar-refractivity contribution in [1.82, 2.24) is 25.0 Å². The lowest BCUT2D eigenvalue weighted by molar-refractivity contribution is -0.143. The van der Waals surface area contributed by atoms with Gasteiger partial charge in [0, 0.05) is 25.5 Å². The molecule has 2 amide bonds. The van der Waals surface area contributed by atoms with Crippen LogP contribution in [0.3, 0.4) is 0 Å². The number of aromatic nitrogens is 3. The molecule has 2 aromatic heterocycles. The summed E-state index contributed by atoms with van der Waals surface area (Å²) in [6, 6.07) is 4.78. The van der Waals surface area contributed by atoms with E-state index < -0.39 is 18.8 Å². The number of hydrogen-bond donors (Lipinski definition) is 2. The fourth-order valence-corrected chi connectivity index (χ4v) is 2.89. The summed E-state index contributed by atoms with van der Waals surface area (Å²) < 4.78 is 38.7. The van der Waals surface area contributed by atoms with Crippen LogP contribution in [0.4, 0.5) is 23.7 Å². The summed E-state index contributed by atoms with van der Waals surface area (Å²) in [5.74, 6) is 0.639. The van der Waals surface area contributed by atoms with Gasteiger partial charge in [-0.3, -0.25) is 4.90 Å². The van der Waals surface area contributed by atoms with E-state index in [0.717, 1.165) is 0 Å². The highest BCUT2D eigenvalue weighted by Gasteiger charge is 2.34. The minimum absolute atomic E-state index is 0.0171. The fourth-order valence-electron chi connectivity index (χ4n) is 2.89. The number of hydrogen-bond acceptors (Lipinski definition) is 4. The van der Waals surface area contributed by atoms with Crippen LogP contribution < -0.4 is 10.6 Å². The molecule has 1 saturated heterocycles. The first kappa shape index (κ1) is 18.2. The van der Waals surface area contributed by atoms with Crippen LogP contribution >= 0.6 is 0 Å². The zero-order valence-corrected chi connectivity index (χ0v) is 13.9. The first-order chi connectivity index (χ1) is 12.4. The van der Waals surface area contributed by atoms with Crippen molar-refractivity contribution in [2.45, 2.75) is 12.6 Å². The minimum atomic E-state index is -4.19. The maximum absolute atomic E-state index is 12.4. The Bertz CT molecular complexity index is 717. The normalized spacial score (nSPS) is 18.0. The number of rotatable bonds is 5. The number of pyridine rings is 1. The van der Waals surface area contributed by atoms with E-state index in [9.17, 15) is 18.0 Å². The lowest BCUT2D eigenvalue weighted by Crippen LogP contribution is -2.36. The van der Waals surface area contributed by atoms with Crippen LogP contribution in [0.1, 0.15) is 6.42 Å². The summed E-state index contributed by atoms with van der Waals surface area (Å²) in [6.07, 6.45) is 1.36. The Balaban J connectivity index is 1.42. The zero-order chi connectivity index (χ0) is 18.6. The quantitative estimate of drug-likeness (QED) is 0.849. The van der Waals surface area contributed by atoms with E-state index in [1.54, 1.807) is 35.3 Å². The first-order valence-electron chi connectivity index (χ1n) is 8.19. The molecule has 1 fully saturated rings. The van der Waals surface area contributed by atoms with Crippen LogP contribution in [0, 0.1) is 5.92 Å². The summed E-state index contributed by atoms with van der Waals surface area (Å²) >= 11 is 0. The molecule has 7 nitrogen and oxygen atoms in total. The summed E-state index contributed by atoms with van der Waals surface area (Å²) in [4.78, 5) is 17.5. The van der Waals surface area contributed by atoms with Gasteiger partial charge in [-0.1, -0.05) is 0 Å². The summed E-state index contributed by atoms with van der Waals surface area (Å²) in [7, 11) is 0. The van der Waals surface area contributed by atoms with Gasteiger partial charge in [0.15, 0.2) is 5.82 Å². The van der Waals surface area contributed by atoms with Gasteiger partial charge in [-0.15, -0.1) is 0 Å². The Morgan fingerprint density at radius 1 is 1.35 bits per heavy atom. The van der Waals surface area contributed by atoms with Gasteiger partial charge in [0.05, 0.1) is 18.4 Å². The Morgan fingerprint density at radius 3 is 2.85 bits per heavy atom. The van der Waals surface area contributed by atoms with E-state index in [0.29, 0.717) is 37.6 Å². The van der Waals surface area contributed by atoms with Crippen molar-refractivity contribution < 1.29 is 18.0 Å². The molecular weight excluding hydrogens is 349 g/mol. The summed E-state index contributed by atoms with van der Waals surface area (Å²) in [6.45, 7) is 0.162. The third-order valence-electron chi connectivity index (χ3n) is 4.07. The number of nitrogens with one attached hydrogen (secondary N) is 2. The average Bonchev–Trinajstić information content (AvgIpc) is 3.24. The molecule has 140 valence electrons. The van der Waals surface area contributed by atoms with Crippen LogP contribution in [-0.4, -0.2) is 58.1 Å². The zero-order valence-electron chi connectivity index (χ0n) is 13.9. The predicted molar refractivity (Wildman–Crippen MR) is 89.0 cm³/mol. The standard InChI is InChI=1S/C16H19F3N6O/c17-16(18,19)11-24-7-4-12(10-24)8-21-15(26)23-13-2-3-14(20-9-13)25-6-1-5-22-25/h1-3,5-6,9,12H,4,7-8,10-11H2,(H2,21,23,26). The molecule has 2 aromatic rings. The molecule has 0 spiro atoms. The minimum Gasteiger partial charge on any atom is -0.338 e. The number of alkyl halides is 3. The summed E-state index contributed by atoms with van der Waals surface area (Å²) in [5.41, 5.74) is 0.517. The smallest absolute Gasteiger partial charge is 0.338 e. The van der Waals surface area contributed by atoms with Gasteiger partial charge in [0.2, 0.25) is 0 Å². The second-order valence-corrected chi connectivity index (χ2v) is 6.20. The number of urea groups is 1. The molecule has 3 rings (SSSR count). The molecule has 1 atom stereocenters. The number of likely N-dealkylation sites (tertiary alicyclic amines) is 1. The third-order valence-corrected chi connectivity index (χ3v) is 4.07. The van der Waals surface area contributed by atoms with Crippen molar-refractivity contribution in [2.75, 3.05) is 31.5 Å². The molecule has 26 heavy (non-hydrogen) atoms. The Labute approximate surface area is 148 Å². The highest BCUT2D eigenvalue weighted by Crippen LogP contribution is 2.22. The van der Waals surface area contributed by atoms with Gasteiger partial charge in [-0.05, 0) is 37.1 Å². The molecule has 0 bridgehead atoms. The van der Waals surface area contributed by atoms with Gasteiger partial charge in [0.25, 0.3) is 0 Å². The molecular formula is C16H19F3N6O. The van der Waals surface area contributed by atoms with Gasteiger partial charge in [-0.2, -0.15) is 18.3 Å². The third kappa shape index (κ3) is 5.19. The average molecular weight is 368 g/mol. The highest BCUT2D eigenvalue weighted by atomic mass is 19.4. The van der Waals surface area contributed by atoms with Crippen LogP contribution in [0.15, 0.2) is 36.8 Å². The molecule has 1 aliphatic heterocycles. The van der Waals surface area contributed by atoms with Crippen LogP contribution in [0.5, 0.6) is 0 Å². The van der Waals surface area contributed by atoms with E-state index >= 15 is 0 Å². The Hall–Kier alpha value is -2.62. The van der Waals surface area contributed by atoms with Crippen molar-refractivity contribution in [3.63, 3.8) is 0 Å². The van der Waals surface area contributed by atoms with Crippen LogP contribution in [0.2, 0.25) is 0 Å². The van der Waals surface area contributed by atoms with Crippen LogP contribution in [0.25, 0.3) is 5.82 Å². The van der Waals surface area contributed by atoms with E-state index in [2.05, 4.69) is 20.7 Å². The van der Waals surface area contributed by atoms with Crippen molar-refractivity contribution >= 4 is 11.7 Å². The van der Waals surface area contributed by atoms with Crippen molar-refractivity contribution in [1.29, 1.82) is 0 Å². The summed E-state index contributed by atoms with van der Waals surface area (Å²) in [5, 5.41) is 9.41. The van der Waals surface area contributed by atoms with Gasteiger partial charge >= 0.3 is 12.2 Å². The number of nitrogens with zero attached hydrogens (tertiary/aromatic N) is 4. The molecule has 0 radical (unpaired) electrons. The monoisotopic (exact) mass is 368 g/mol. The van der Waals surface area contributed by atoms with E-state index in [1.165, 1.54) is 11.1 Å². The number of halogens is 3. The second-order valence-electron chi connectivity index (χ2n) is 6.20. The van der Waals surface area contributed by atoms with Gasteiger partial charge in [0.1, 0.15) is 0 Å². The van der Waals surface area contributed by atoms with Crippen LogP contribution in [-0.2, 0) is 0 Å². The lowest BCUT2D eigenvalue weighted by atomic mass is 10.1. The second kappa shape index (κ2) is 7.73. The lowest BCUT2D eigenvalue weighted by Gasteiger charge is -2.18. The Kier molecular flexibility index (Phi) is 5.40. The van der Waals surface area contributed by atoms with Gasteiger partial charge in [-0.25, -0.2) is 14.5 Å². The molecule has 10 heteroatoms. The van der Waals surface area contributed by atoms with Gasteiger partial charge < -0.3 is 10.6 Å². The maximum Gasteiger partial charge on any atom is 0.401 e. The van der Waals surface area contributed by atoms with E-state index in [4.69, 9.17) is 0 Å². The molecule has 1 unspecified atom stereocenters. The maximum atomic E-state index is 12.4. The first-order valence-corrected chi connectivity index (χ1v) is 8.19. The Morgan fingerprint density at radius 2 is 2.19 bits per heavy atom. The molecule has 0 aromatic carbocycles. The number of carbonyl (C=O) groups excluding carboxylic acids is 1. The van der Waals surface area contributed by atoms with E-state index in [-0.39, 0.29) is 5.92 Å². The molecule has 2 N–H and O–H groups in total. The topological polar surface area (TPSA) is 75.1 Å². The van der Waals surface area contributed by atoms with Crippen molar-refractivity contribution in [3.8, 4) is 5.82 Å². The highest BCUT2D eigenvalue weighted by molar-refractivity contribution is 5.89. The largest absolute Gasteiger partial charge is 0.401 e. The number of amides is 2. The van der Waals surface area contributed by atoms with E-state index in [1.807, 2.05) is 0 Å². The molecule has 0 aliphatic carbocycles. The van der Waals surface area contributed by atoms with Crippen molar-refractivity contribution in [2.24, 2.45) is 5.92 Å². The fraction of sp³-hybridized carbons (Fsp3) is 0.438. The molecule has 1 aliphatic rings. The SMILES string of the molecule is O=C(NCC1CCN(CC(F)(F)F)C1)Nc1ccc(-n2cccn2)nc1. The van der Waals surface area contributed by atoms with Crippen molar-refractivity contribution in [3.05, 3.63) is 36.8 Å². The number of carbonyl (C=O) groups is 1. The number of anilines is 1. The predicted octanol–water partition coefficient (Wildman–Crippen LogP) is 2.27. The molecule has 3 heterocycles. The molecule has 0 saturated carbocycles.